The number of sulfone groups is 1. The van der Waals surface area contributed by atoms with Crippen LogP contribution in [0.1, 0.15) is 33.6 Å². The van der Waals surface area contributed by atoms with E-state index in [1.54, 1.807) is 18.9 Å². The summed E-state index contributed by atoms with van der Waals surface area (Å²) in [5.74, 6) is -0.138. The quantitative estimate of drug-likeness (QED) is 0.706. The van der Waals surface area contributed by atoms with Gasteiger partial charge in [0.15, 0.2) is 9.84 Å². The summed E-state index contributed by atoms with van der Waals surface area (Å²) in [6.07, 6.45) is 0.790. The lowest BCUT2D eigenvalue weighted by atomic mass is 10.2. The maximum atomic E-state index is 11.9. The van der Waals surface area contributed by atoms with Crippen LogP contribution >= 0.6 is 0 Å². The zero-order valence-corrected chi connectivity index (χ0v) is 12.7. The number of nitrogens with two attached hydrogens (primary N) is 1. The van der Waals surface area contributed by atoms with E-state index in [4.69, 9.17) is 5.73 Å². The largest absolute Gasteiger partial charge is 0.346 e. The molecule has 1 unspecified atom stereocenters. The molecule has 1 amide bonds. The van der Waals surface area contributed by atoms with Crippen LogP contribution in [0.4, 0.5) is 0 Å². The van der Waals surface area contributed by atoms with E-state index in [0.717, 1.165) is 6.42 Å². The van der Waals surface area contributed by atoms with Crippen LogP contribution in [0.25, 0.3) is 0 Å². The van der Waals surface area contributed by atoms with Gasteiger partial charge in [0.05, 0.1) is 11.0 Å². The average molecular weight is 278 g/mol. The Morgan fingerprint density at radius 1 is 1.28 bits per heavy atom. The molecule has 6 heteroatoms. The van der Waals surface area contributed by atoms with Crippen molar-refractivity contribution in [1.82, 2.24) is 4.90 Å². The molecule has 0 aromatic carbocycles. The molecule has 108 valence electrons. The van der Waals surface area contributed by atoms with Gasteiger partial charge in [-0.2, -0.15) is 0 Å². The van der Waals surface area contributed by atoms with Gasteiger partial charge >= 0.3 is 0 Å². The Morgan fingerprint density at radius 2 is 1.83 bits per heavy atom. The van der Waals surface area contributed by atoms with Crippen molar-refractivity contribution in [3.8, 4) is 0 Å². The molecule has 5 nitrogen and oxygen atoms in total. The molecule has 0 aliphatic heterocycles. The van der Waals surface area contributed by atoms with E-state index in [-0.39, 0.29) is 24.0 Å². The van der Waals surface area contributed by atoms with E-state index in [2.05, 4.69) is 0 Å². The highest BCUT2D eigenvalue weighted by atomic mass is 32.2. The first-order chi connectivity index (χ1) is 8.22. The second kappa shape index (κ2) is 7.74. The Balaban J connectivity index is 4.28. The molecule has 0 heterocycles. The summed E-state index contributed by atoms with van der Waals surface area (Å²) in [6, 6.07) is 0. The van der Waals surface area contributed by atoms with Gasteiger partial charge in [-0.3, -0.25) is 4.79 Å². The van der Waals surface area contributed by atoms with Crippen LogP contribution in [0.3, 0.4) is 0 Å². The molecule has 0 aliphatic carbocycles. The van der Waals surface area contributed by atoms with Crippen molar-refractivity contribution in [3.63, 3.8) is 0 Å². The Morgan fingerprint density at radius 3 is 2.28 bits per heavy atom. The minimum Gasteiger partial charge on any atom is -0.346 e. The van der Waals surface area contributed by atoms with Gasteiger partial charge < -0.3 is 10.6 Å². The average Bonchev–Trinajstić information content (AvgIpc) is 2.31. The summed E-state index contributed by atoms with van der Waals surface area (Å²) in [6.45, 7) is 6.55. The zero-order chi connectivity index (χ0) is 14.3. The van der Waals surface area contributed by atoms with Crippen LogP contribution in [-0.2, 0) is 14.6 Å². The standard InChI is InChI=1S/C12H26N2O3S/c1-10(2)11(3)18(16,17)9-6-12(15)14(4)8-5-7-13/h10-11H,5-9,13H2,1-4H3. The molecule has 0 saturated carbocycles. The number of amides is 1. The summed E-state index contributed by atoms with van der Waals surface area (Å²) in [7, 11) is -1.50. The van der Waals surface area contributed by atoms with Gasteiger partial charge in [0, 0.05) is 20.0 Å². The first kappa shape index (κ1) is 17.4. The number of hydrogen-bond acceptors (Lipinski definition) is 4. The summed E-state index contributed by atoms with van der Waals surface area (Å²) in [5, 5.41) is -0.403. The highest BCUT2D eigenvalue weighted by Crippen LogP contribution is 2.13. The van der Waals surface area contributed by atoms with Gasteiger partial charge in [0.25, 0.3) is 0 Å². The van der Waals surface area contributed by atoms with Crippen molar-refractivity contribution in [1.29, 1.82) is 0 Å². The lowest BCUT2D eigenvalue weighted by Crippen LogP contribution is -2.32. The van der Waals surface area contributed by atoms with Crippen molar-refractivity contribution in [2.75, 3.05) is 25.9 Å². The Bertz CT molecular complexity index is 352. The summed E-state index contributed by atoms with van der Waals surface area (Å²) in [4.78, 5) is 13.3. The Labute approximate surface area is 111 Å². The van der Waals surface area contributed by atoms with Crippen LogP contribution in [0.15, 0.2) is 0 Å². The van der Waals surface area contributed by atoms with Gasteiger partial charge in [0.1, 0.15) is 0 Å². The molecule has 0 spiro atoms. The fourth-order valence-corrected chi connectivity index (χ4v) is 3.13. The smallest absolute Gasteiger partial charge is 0.223 e. The third kappa shape index (κ3) is 5.82. The molecular weight excluding hydrogens is 252 g/mol. The molecule has 0 aliphatic rings. The molecule has 0 fully saturated rings. The van der Waals surface area contributed by atoms with E-state index in [1.165, 1.54) is 0 Å². The molecule has 0 bridgehead atoms. The van der Waals surface area contributed by atoms with Crippen molar-refractivity contribution in [2.45, 2.75) is 38.9 Å². The third-order valence-corrected chi connectivity index (χ3v) is 5.68. The minimum absolute atomic E-state index is 0.0560. The predicted octanol–water partition coefficient (Wildman–Crippen LogP) is 0.643. The van der Waals surface area contributed by atoms with Crippen LogP contribution in [-0.4, -0.2) is 50.4 Å². The minimum atomic E-state index is -3.18. The molecule has 0 rings (SSSR count). The van der Waals surface area contributed by atoms with E-state index in [1.807, 2.05) is 13.8 Å². The molecule has 0 radical (unpaired) electrons. The molecule has 18 heavy (non-hydrogen) atoms. The van der Waals surface area contributed by atoms with Crippen LogP contribution in [0.5, 0.6) is 0 Å². The van der Waals surface area contributed by atoms with Gasteiger partial charge in [-0.05, 0) is 25.8 Å². The molecule has 0 aromatic rings. The molecule has 0 aromatic heterocycles. The predicted molar refractivity (Wildman–Crippen MR) is 74.0 cm³/mol. The summed E-state index contributed by atoms with van der Waals surface area (Å²) >= 11 is 0. The number of nitrogens with zero attached hydrogens (tertiary/aromatic N) is 1. The normalized spacial score (nSPS) is 13.7. The van der Waals surface area contributed by atoms with Crippen molar-refractivity contribution < 1.29 is 13.2 Å². The van der Waals surface area contributed by atoms with Gasteiger partial charge in [0.2, 0.25) is 5.91 Å². The third-order valence-electron chi connectivity index (χ3n) is 3.23. The SMILES string of the molecule is CC(C)C(C)S(=O)(=O)CCC(=O)N(C)CCCN. The maximum Gasteiger partial charge on any atom is 0.223 e. The fraction of sp³-hybridized carbons (Fsp3) is 0.917. The summed E-state index contributed by atoms with van der Waals surface area (Å²) < 4.78 is 23.8. The second-order valence-electron chi connectivity index (χ2n) is 5.02. The Kier molecular flexibility index (Phi) is 7.47. The van der Waals surface area contributed by atoms with E-state index in [0.29, 0.717) is 13.1 Å². The summed E-state index contributed by atoms with van der Waals surface area (Å²) in [5.41, 5.74) is 5.36. The zero-order valence-electron chi connectivity index (χ0n) is 11.8. The van der Waals surface area contributed by atoms with E-state index >= 15 is 0 Å². The molecular formula is C12H26N2O3S. The van der Waals surface area contributed by atoms with Crippen molar-refractivity contribution in [3.05, 3.63) is 0 Å². The van der Waals surface area contributed by atoms with Gasteiger partial charge in [-0.1, -0.05) is 13.8 Å². The molecule has 0 saturated heterocycles. The van der Waals surface area contributed by atoms with Gasteiger partial charge in [-0.15, -0.1) is 0 Å². The van der Waals surface area contributed by atoms with E-state index in [9.17, 15) is 13.2 Å². The fourth-order valence-electron chi connectivity index (χ4n) is 1.47. The maximum absolute atomic E-state index is 11.9. The van der Waals surface area contributed by atoms with E-state index < -0.39 is 15.1 Å². The first-order valence-corrected chi connectivity index (χ1v) is 8.09. The second-order valence-corrected chi connectivity index (χ2v) is 7.50. The molecule has 1 atom stereocenters. The van der Waals surface area contributed by atoms with Crippen molar-refractivity contribution in [2.24, 2.45) is 11.7 Å². The van der Waals surface area contributed by atoms with Crippen LogP contribution < -0.4 is 5.73 Å². The van der Waals surface area contributed by atoms with Crippen LogP contribution in [0.2, 0.25) is 0 Å². The highest BCUT2D eigenvalue weighted by Gasteiger charge is 2.25. The monoisotopic (exact) mass is 278 g/mol. The van der Waals surface area contributed by atoms with Crippen LogP contribution in [0, 0.1) is 5.92 Å². The number of carbonyl (C=O) groups excluding carboxylic acids is 1. The molecule has 2 N–H and O–H groups in total. The first-order valence-electron chi connectivity index (χ1n) is 6.38. The van der Waals surface area contributed by atoms with Gasteiger partial charge in [-0.25, -0.2) is 8.42 Å². The van der Waals surface area contributed by atoms with Crippen molar-refractivity contribution >= 4 is 15.7 Å². The lowest BCUT2D eigenvalue weighted by molar-refractivity contribution is -0.129. The topological polar surface area (TPSA) is 80.5 Å². The highest BCUT2D eigenvalue weighted by molar-refractivity contribution is 7.92. The number of hydrogen-bond donors (Lipinski definition) is 1. The number of rotatable bonds is 8. The number of carbonyl (C=O) groups is 1. The Hall–Kier alpha value is -0.620. The lowest BCUT2D eigenvalue weighted by Gasteiger charge is -2.19.